The fourth-order valence-electron chi connectivity index (χ4n) is 4.33. The van der Waals surface area contributed by atoms with Gasteiger partial charge < -0.3 is 15.2 Å². The molecule has 30 heavy (non-hydrogen) atoms. The average Bonchev–Trinajstić information content (AvgIpc) is 3.41. The van der Waals surface area contributed by atoms with Gasteiger partial charge in [0.15, 0.2) is 6.61 Å². The van der Waals surface area contributed by atoms with Crippen molar-refractivity contribution < 1.29 is 19.4 Å². The van der Waals surface area contributed by atoms with Crippen molar-refractivity contribution in [2.45, 2.75) is 37.1 Å². The van der Waals surface area contributed by atoms with E-state index in [-0.39, 0.29) is 18.6 Å². The van der Waals surface area contributed by atoms with Crippen LogP contribution in [0.5, 0.6) is 5.75 Å². The predicted octanol–water partition coefficient (Wildman–Crippen LogP) is 3.13. The monoisotopic (exact) mass is 408 g/mol. The van der Waals surface area contributed by atoms with Gasteiger partial charge in [0.1, 0.15) is 5.75 Å². The first-order valence-electron chi connectivity index (χ1n) is 10.6. The van der Waals surface area contributed by atoms with Gasteiger partial charge in [-0.25, -0.2) is 4.79 Å². The Hall–Kier alpha value is -2.86. The van der Waals surface area contributed by atoms with Gasteiger partial charge >= 0.3 is 5.97 Å². The molecule has 1 heterocycles. The first-order chi connectivity index (χ1) is 14.6. The van der Waals surface area contributed by atoms with Crippen LogP contribution in [0.3, 0.4) is 0 Å². The molecule has 0 aromatic heterocycles. The molecule has 2 N–H and O–H groups in total. The van der Waals surface area contributed by atoms with E-state index in [0.717, 1.165) is 31.5 Å². The second-order valence-electron chi connectivity index (χ2n) is 8.17. The quantitative estimate of drug-likeness (QED) is 0.667. The van der Waals surface area contributed by atoms with E-state index in [1.807, 2.05) is 18.2 Å². The van der Waals surface area contributed by atoms with E-state index < -0.39 is 11.4 Å². The summed E-state index contributed by atoms with van der Waals surface area (Å²) in [6.07, 6.45) is 4.07. The highest BCUT2D eigenvalue weighted by Crippen LogP contribution is 2.48. The highest BCUT2D eigenvalue weighted by molar-refractivity contribution is 5.91. The SMILES string of the molecule is O=C(O)COc1ccc(C2(C(=O)NCC(c3ccccc3)N3CCCC3)CC2)cc1. The van der Waals surface area contributed by atoms with Gasteiger partial charge in [-0.2, -0.15) is 0 Å². The summed E-state index contributed by atoms with van der Waals surface area (Å²) < 4.78 is 5.20. The van der Waals surface area contributed by atoms with Gasteiger partial charge in [-0.3, -0.25) is 9.69 Å². The number of likely N-dealkylation sites (tertiary alicyclic amines) is 1. The number of rotatable bonds is 9. The highest BCUT2D eigenvalue weighted by Gasteiger charge is 2.51. The van der Waals surface area contributed by atoms with Crippen LogP contribution in [0.2, 0.25) is 0 Å². The van der Waals surface area contributed by atoms with Crippen LogP contribution in [0.4, 0.5) is 0 Å². The summed E-state index contributed by atoms with van der Waals surface area (Å²) in [6, 6.07) is 17.8. The van der Waals surface area contributed by atoms with Crippen LogP contribution in [0.25, 0.3) is 0 Å². The van der Waals surface area contributed by atoms with Gasteiger partial charge in [-0.15, -0.1) is 0 Å². The number of aliphatic carboxylic acids is 1. The molecule has 1 aliphatic carbocycles. The van der Waals surface area contributed by atoms with Gasteiger partial charge in [0.2, 0.25) is 5.91 Å². The Labute approximate surface area is 176 Å². The van der Waals surface area contributed by atoms with E-state index in [1.165, 1.54) is 18.4 Å². The lowest BCUT2D eigenvalue weighted by molar-refractivity contribution is -0.139. The molecular formula is C24H28N2O4. The first kappa shape index (κ1) is 20.4. The number of carboxylic acids is 1. The Kier molecular flexibility index (Phi) is 6.04. The number of carboxylic acid groups (broad SMARTS) is 1. The predicted molar refractivity (Wildman–Crippen MR) is 113 cm³/mol. The van der Waals surface area contributed by atoms with E-state index in [2.05, 4.69) is 34.5 Å². The second kappa shape index (κ2) is 8.88. The van der Waals surface area contributed by atoms with Crippen molar-refractivity contribution in [3.63, 3.8) is 0 Å². The molecule has 6 heteroatoms. The minimum Gasteiger partial charge on any atom is -0.482 e. The number of ether oxygens (including phenoxy) is 1. The molecule has 0 bridgehead atoms. The maximum atomic E-state index is 13.1. The van der Waals surface area contributed by atoms with Gasteiger partial charge in [-0.05, 0) is 62.0 Å². The molecule has 1 saturated carbocycles. The zero-order valence-corrected chi connectivity index (χ0v) is 17.0. The van der Waals surface area contributed by atoms with E-state index >= 15 is 0 Å². The number of hydrogen-bond acceptors (Lipinski definition) is 4. The zero-order valence-electron chi connectivity index (χ0n) is 17.0. The summed E-state index contributed by atoms with van der Waals surface area (Å²) in [5.74, 6) is -0.444. The standard InChI is InChI=1S/C24H28N2O4/c27-22(28)17-30-20-10-8-19(9-11-20)24(12-13-24)23(29)25-16-21(26-14-4-5-15-26)18-6-2-1-3-7-18/h1-3,6-11,21H,4-5,12-17H2,(H,25,29)(H,27,28). The highest BCUT2D eigenvalue weighted by atomic mass is 16.5. The van der Waals surface area contributed by atoms with Crippen LogP contribution in [0.1, 0.15) is 42.9 Å². The molecule has 1 amide bonds. The third-order valence-corrected chi connectivity index (χ3v) is 6.18. The van der Waals surface area contributed by atoms with E-state index in [9.17, 15) is 9.59 Å². The Balaban J connectivity index is 1.41. The number of amides is 1. The molecule has 158 valence electrons. The molecule has 1 unspecified atom stereocenters. The molecule has 4 rings (SSSR count). The van der Waals surface area contributed by atoms with Crippen molar-refractivity contribution in [3.8, 4) is 5.75 Å². The molecule has 6 nitrogen and oxygen atoms in total. The van der Waals surface area contributed by atoms with Crippen molar-refractivity contribution in [2.75, 3.05) is 26.2 Å². The maximum Gasteiger partial charge on any atom is 0.341 e. The molecule has 2 aromatic carbocycles. The van der Waals surface area contributed by atoms with Gasteiger partial charge in [0.25, 0.3) is 0 Å². The second-order valence-corrected chi connectivity index (χ2v) is 8.17. The number of carbonyl (C=O) groups is 2. The van der Waals surface area contributed by atoms with Crippen LogP contribution in [-0.4, -0.2) is 48.1 Å². The summed E-state index contributed by atoms with van der Waals surface area (Å²) >= 11 is 0. The molecule has 2 aromatic rings. The largest absolute Gasteiger partial charge is 0.482 e. The third kappa shape index (κ3) is 4.49. The molecular weight excluding hydrogens is 380 g/mol. The Bertz CT molecular complexity index is 872. The lowest BCUT2D eigenvalue weighted by Gasteiger charge is -2.29. The Morgan fingerprint density at radius 3 is 2.30 bits per heavy atom. The summed E-state index contributed by atoms with van der Waals surface area (Å²) in [5, 5.41) is 11.9. The van der Waals surface area contributed by atoms with Crippen molar-refractivity contribution in [1.82, 2.24) is 10.2 Å². The average molecular weight is 408 g/mol. The lowest BCUT2D eigenvalue weighted by atomic mass is 9.94. The van der Waals surface area contributed by atoms with Gasteiger partial charge in [0.05, 0.1) is 11.5 Å². The van der Waals surface area contributed by atoms with Crippen molar-refractivity contribution in [1.29, 1.82) is 0 Å². The minimum atomic E-state index is -1.01. The topological polar surface area (TPSA) is 78.9 Å². The van der Waals surface area contributed by atoms with Crippen LogP contribution in [0, 0.1) is 0 Å². The summed E-state index contributed by atoms with van der Waals surface area (Å²) in [5.41, 5.74) is 1.72. The zero-order chi connectivity index (χ0) is 21.0. The van der Waals surface area contributed by atoms with E-state index in [0.29, 0.717) is 12.3 Å². The number of carbonyl (C=O) groups excluding carboxylic acids is 1. The number of nitrogens with zero attached hydrogens (tertiary/aromatic N) is 1. The molecule has 2 aliphatic rings. The van der Waals surface area contributed by atoms with Crippen LogP contribution in [0.15, 0.2) is 54.6 Å². The summed E-state index contributed by atoms with van der Waals surface area (Å²) in [6.45, 7) is 2.36. The molecule has 0 spiro atoms. The van der Waals surface area contributed by atoms with Gasteiger partial charge in [0, 0.05) is 6.54 Å². The molecule has 1 aliphatic heterocycles. The fraction of sp³-hybridized carbons (Fsp3) is 0.417. The molecule has 1 atom stereocenters. The Morgan fingerprint density at radius 2 is 1.70 bits per heavy atom. The minimum absolute atomic E-state index is 0.0711. The van der Waals surface area contributed by atoms with Crippen molar-refractivity contribution in [2.24, 2.45) is 0 Å². The van der Waals surface area contributed by atoms with E-state index in [4.69, 9.17) is 9.84 Å². The Morgan fingerprint density at radius 1 is 1.03 bits per heavy atom. The van der Waals surface area contributed by atoms with E-state index in [1.54, 1.807) is 12.1 Å². The van der Waals surface area contributed by atoms with Crippen LogP contribution < -0.4 is 10.1 Å². The maximum absolute atomic E-state index is 13.1. The first-order valence-corrected chi connectivity index (χ1v) is 10.6. The number of nitrogens with one attached hydrogen (secondary N) is 1. The molecule has 0 radical (unpaired) electrons. The molecule has 1 saturated heterocycles. The summed E-state index contributed by atoms with van der Waals surface area (Å²) in [7, 11) is 0. The van der Waals surface area contributed by atoms with Crippen LogP contribution in [-0.2, 0) is 15.0 Å². The smallest absolute Gasteiger partial charge is 0.341 e. The summed E-state index contributed by atoms with van der Waals surface area (Å²) in [4.78, 5) is 26.2. The lowest BCUT2D eigenvalue weighted by Crippen LogP contribution is -2.41. The van der Waals surface area contributed by atoms with Crippen molar-refractivity contribution >= 4 is 11.9 Å². The van der Waals surface area contributed by atoms with Gasteiger partial charge in [-0.1, -0.05) is 42.5 Å². The normalized spacial score (nSPS) is 18.5. The third-order valence-electron chi connectivity index (χ3n) is 6.18. The number of benzene rings is 2. The molecule has 2 fully saturated rings. The van der Waals surface area contributed by atoms with Crippen LogP contribution >= 0.6 is 0 Å². The van der Waals surface area contributed by atoms with Crippen molar-refractivity contribution in [3.05, 3.63) is 65.7 Å². The number of hydrogen-bond donors (Lipinski definition) is 2. The fourth-order valence-corrected chi connectivity index (χ4v) is 4.33.